The highest BCUT2D eigenvalue weighted by atomic mass is 35.5. The molecule has 2 aromatic rings. The predicted molar refractivity (Wildman–Crippen MR) is 72.9 cm³/mol. The summed E-state index contributed by atoms with van der Waals surface area (Å²) in [6, 6.07) is 10.2. The first-order valence-corrected chi connectivity index (χ1v) is 6.58. The molecular formula is C14H15ClN2O. The van der Waals surface area contributed by atoms with E-state index < -0.39 is 0 Å². The van der Waals surface area contributed by atoms with Crippen LogP contribution in [0.4, 0.5) is 0 Å². The van der Waals surface area contributed by atoms with Gasteiger partial charge in [-0.2, -0.15) is 0 Å². The van der Waals surface area contributed by atoms with Gasteiger partial charge >= 0.3 is 0 Å². The van der Waals surface area contributed by atoms with Crippen molar-refractivity contribution >= 4 is 22.5 Å². The molecule has 1 aliphatic heterocycles. The molecule has 1 aliphatic rings. The topological polar surface area (TPSA) is 34.1 Å². The van der Waals surface area contributed by atoms with E-state index in [2.05, 4.69) is 17.4 Å². The molecule has 1 N–H and O–H groups in total. The minimum absolute atomic E-state index is 0.285. The lowest BCUT2D eigenvalue weighted by atomic mass is 10.1. The van der Waals surface area contributed by atoms with Crippen LogP contribution >= 0.6 is 11.6 Å². The fraction of sp³-hybridized carbons (Fsp3) is 0.357. The van der Waals surface area contributed by atoms with Crippen LogP contribution in [-0.2, 0) is 4.74 Å². The third kappa shape index (κ3) is 2.48. The average molecular weight is 263 g/mol. The Kier molecular flexibility index (Phi) is 3.46. The van der Waals surface area contributed by atoms with Crippen LogP contribution in [0.5, 0.6) is 0 Å². The molecule has 1 unspecified atom stereocenters. The summed E-state index contributed by atoms with van der Waals surface area (Å²) in [4.78, 5) is 4.70. The fourth-order valence-corrected chi connectivity index (χ4v) is 2.45. The summed E-state index contributed by atoms with van der Waals surface area (Å²) >= 11 is 5.97. The number of hydrogen-bond acceptors (Lipinski definition) is 3. The molecule has 1 fully saturated rings. The van der Waals surface area contributed by atoms with Crippen LogP contribution in [0.25, 0.3) is 10.9 Å². The maximum atomic E-state index is 5.97. The zero-order valence-corrected chi connectivity index (χ0v) is 10.8. The zero-order valence-electron chi connectivity index (χ0n) is 10.0. The number of nitrogens with zero attached hydrogens (tertiary/aromatic N) is 1. The summed E-state index contributed by atoms with van der Waals surface area (Å²) in [5, 5.41) is 5.29. The fourth-order valence-electron chi connectivity index (χ4n) is 2.27. The highest BCUT2D eigenvalue weighted by molar-refractivity contribution is 6.31. The van der Waals surface area contributed by atoms with Gasteiger partial charge in [-0.1, -0.05) is 17.7 Å². The molecule has 94 valence electrons. The van der Waals surface area contributed by atoms with E-state index in [9.17, 15) is 0 Å². The monoisotopic (exact) mass is 262 g/mol. The van der Waals surface area contributed by atoms with Gasteiger partial charge in [0, 0.05) is 23.6 Å². The van der Waals surface area contributed by atoms with E-state index in [4.69, 9.17) is 21.3 Å². The number of hydrogen-bond donors (Lipinski definition) is 1. The van der Waals surface area contributed by atoms with Crippen molar-refractivity contribution < 1.29 is 4.74 Å². The molecular weight excluding hydrogens is 248 g/mol. The number of benzene rings is 1. The molecule has 1 aromatic heterocycles. The van der Waals surface area contributed by atoms with Gasteiger partial charge in [-0.15, -0.1) is 0 Å². The molecule has 0 radical (unpaired) electrons. The van der Waals surface area contributed by atoms with Crippen LogP contribution in [0.3, 0.4) is 0 Å². The predicted octanol–water partition coefficient (Wildman–Crippen LogP) is 2.94. The normalized spacial score (nSPS) is 20.8. The van der Waals surface area contributed by atoms with Crippen LogP contribution in [0.15, 0.2) is 30.3 Å². The molecule has 0 saturated carbocycles. The molecule has 0 aliphatic carbocycles. The van der Waals surface area contributed by atoms with Gasteiger partial charge in [0.25, 0.3) is 0 Å². The van der Waals surface area contributed by atoms with E-state index >= 15 is 0 Å². The second kappa shape index (κ2) is 5.22. The van der Waals surface area contributed by atoms with Gasteiger partial charge < -0.3 is 10.1 Å². The van der Waals surface area contributed by atoms with Crippen molar-refractivity contribution in [3.8, 4) is 0 Å². The van der Waals surface area contributed by atoms with Gasteiger partial charge in [-0.3, -0.25) is 4.98 Å². The highest BCUT2D eigenvalue weighted by Gasteiger charge is 2.15. The van der Waals surface area contributed by atoms with Crippen molar-refractivity contribution in [2.75, 3.05) is 19.8 Å². The number of nitrogens with one attached hydrogen (secondary N) is 1. The maximum absolute atomic E-state index is 5.97. The highest BCUT2D eigenvalue weighted by Crippen LogP contribution is 2.22. The van der Waals surface area contributed by atoms with E-state index in [1.807, 2.05) is 18.2 Å². The molecule has 1 atom stereocenters. The third-order valence-corrected chi connectivity index (χ3v) is 3.45. The van der Waals surface area contributed by atoms with Crippen LogP contribution in [0.1, 0.15) is 18.2 Å². The Balaban J connectivity index is 1.94. The maximum Gasteiger partial charge on any atom is 0.0707 e. The lowest BCUT2D eigenvalue weighted by Crippen LogP contribution is -2.22. The smallest absolute Gasteiger partial charge is 0.0707 e. The van der Waals surface area contributed by atoms with Crippen LogP contribution in [0.2, 0.25) is 5.02 Å². The van der Waals surface area contributed by atoms with Crippen LogP contribution < -0.4 is 5.32 Å². The summed E-state index contributed by atoms with van der Waals surface area (Å²) in [5.41, 5.74) is 2.07. The van der Waals surface area contributed by atoms with Crippen molar-refractivity contribution in [2.24, 2.45) is 0 Å². The van der Waals surface area contributed by atoms with Crippen molar-refractivity contribution in [2.45, 2.75) is 12.5 Å². The molecule has 0 amide bonds. The standard InChI is InChI=1S/C14H15ClN2O/c15-11-2-4-12-10(9-11)1-3-14(17-12)13-5-7-18-8-6-16-13/h1-4,9,13,16H,5-8H2. The Hall–Kier alpha value is -1.16. The zero-order chi connectivity index (χ0) is 12.4. The number of pyridine rings is 1. The third-order valence-electron chi connectivity index (χ3n) is 3.22. The molecule has 1 saturated heterocycles. The lowest BCUT2D eigenvalue weighted by Gasteiger charge is -2.14. The van der Waals surface area contributed by atoms with Crippen molar-refractivity contribution in [3.05, 3.63) is 41.0 Å². The largest absolute Gasteiger partial charge is 0.380 e. The number of fused-ring (bicyclic) bond motifs is 1. The van der Waals surface area contributed by atoms with Crippen molar-refractivity contribution in [3.63, 3.8) is 0 Å². The molecule has 1 aromatic carbocycles. The number of ether oxygens (including phenoxy) is 1. The molecule has 0 bridgehead atoms. The van der Waals surface area contributed by atoms with E-state index in [-0.39, 0.29) is 6.04 Å². The van der Waals surface area contributed by atoms with Gasteiger partial charge in [0.2, 0.25) is 0 Å². The minimum Gasteiger partial charge on any atom is -0.380 e. The van der Waals surface area contributed by atoms with E-state index in [1.165, 1.54) is 0 Å². The lowest BCUT2D eigenvalue weighted by molar-refractivity contribution is 0.150. The number of aromatic nitrogens is 1. The molecule has 3 rings (SSSR count). The van der Waals surface area contributed by atoms with Gasteiger partial charge in [-0.25, -0.2) is 0 Å². The summed E-state index contributed by atoms with van der Waals surface area (Å²) in [6.07, 6.45) is 0.964. The molecule has 2 heterocycles. The van der Waals surface area contributed by atoms with E-state index in [0.717, 1.165) is 47.8 Å². The SMILES string of the molecule is Clc1ccc2nc(C3CCOCCN3)ccc2c1. The number of halogens is 1. The Labute approximate surface area is 111 Å². The van der Waals surface area contributed by atoms with Gasteiger partial charge in [-0.05, 0) is 30.7 Å². The minimum atomic E-state index is 0.285. The molecule has 4 heteroatoms. The first kappa shape index (κ1) is 11.9. The summed E-state index contributed by atoms with van der Waals surface area (Å²) < 4.78 is 5.44. The Bertz CT molecular complexity index is 550. The Morgan fingerprint density at radius 3 is 3.11 bits per heavy atom. The van der Waals surface area contributed by atoms with Crippen LogP contribution in [0, 0.1) is 0 Å². The molecule has 0 spiro atoms. The summed E-state index contributed by atoms with van der Waals surface area (Å²) in [7, 11) is 0. The van der Waals surface area contributed by atoms with E-state index in [0.29, 0.717) is 0 Å². The number of rotatable bonds is 1. The van der Waals surface area contributed by atoms with Crippen molar-refractivity contribution in [1.29, 1.82) is 0 Å². The second-order valence-corrected chi connectivity index (χ2v) is 4.92. The average Bonchev–Trinajstić information content (AvgIpc) is 2.67. The summed E-state index contributed by atoms with van der Waals surface area (Å²) in [6.45, 7) is 2.45. The van der Waals surface area contributed by atoms with E-state index in [1.54, 1.807) is 0 Å². The van der Waals surface area contributed by atoms with Gasteiger partial charge in [0.15, 0.2) is 0 Å². The second-order valence-electron chi connectivity index (χ2n) is 4.48. The van der Waals surface area contributed by atoms with Gasteiger partial charge in [0.1, 0.15) is 0 Å². The Morgan fingerprint density at radius 1 is 1.22 bits per heavy atom. The van der Waals surface area contributed by atoms with Gasteiger partial charge in [0.05, 0.1) is 23.9 Å². The summed E-state index contributed by atoms with van der Waals surface area (Å²) in [5.74, 6) is 0. The quantitative estimate of drug-likeness (QED) is 0.858. The van der Waals surface area contributed by atoms with Crippen LogP contribution in [-0.4, -0.2) is 24.7 Å². The first-order chi connectivity index (χ1) is 8.83. The van der Waals surface area contributed by atoms with Crippen molar-refractivity contribution in [1.82, 2.24) is 10.3 Å². The Morgan fingerprint density at radius 2 is 2.17 bits per heavy atom. The molecule has 18 heavy (non-hydrogen) atoms. The first-order valence-electron chi connectivity index (χ1n) is 6.20. The molecule has 3 nitrogen and oxygen atoms in total.